The molecule has 1 aromatic carbocycles. The summed E-state index contributed by atoms with van der Waals surface area (Å²) in [6.07, 6.45) is 4.47. The Kier molecular flexibility index (Phi) is 9.00. The number of carbonyl (C=O) groups excluding carboxylic acids is 1. The van der Waals surface area contributed by atoms with Crippen LogP contribution in [0.15, 0.2) is 30.5 Å². The Morgan fingerprint density at radius 1 is 1.23 bits per heavy atom. The van der Waals surface area contributed by atoms with Gasteiger partial charge in [-0.25, -0.2) is 8.78 Å². The minimum atomic E-state index is -3.45. The number of primary amides is 1. The average molecular weight is 579 g/mol. The lowest BCUT2D eigenvalue weighted by atomic mass is 9.76. The number of nitrogens with one attached hydrogen (secondary N) is 1. The Hall–Kier alpha value is -2.84. The predicted molar refractivity (Wildman–Crippen MR) is 147 cm³/mol. The van der Waals surface area contributed by atoms with E-state index in [4.69, 9.17) is 14.8 Å². The van der Waals surface area contributed by atoms with Crippen LogP contribution in [0.3, 0.4) is 0 Å². The minimum absolute atomic E-state index is 0.175. The molecule has 0 radical (unpaired) electrons. The molecule has 4 rings (SSSR count). The van der Waals surface area contributed by atoms with Crippen molar-refractivity contribution in [3.8, 4) is 6.07 Å². The van der Waals surface area contributed by atoms with Gasteiger partial charge in [-0.05, 0) is 70.7 Å². The maximum Gasteiger partial charge on any atom is 0.361 e. The highest BCUT2D eigenvalue weighted by atomic mass is 31.2. The summed E-state index contributed by atoms with van der Waals surface area (Å²) < 4.78 is 52.7. The summed E-state index contributed by atoms with van der Waals surface area (Å²) in [6.45, 7) is 5.67. The van der Waals surface area contributed by atoms with Crippen LogP contribution in [0, 0.1) is 17.2 Å². The van der Waals surface area contributed by atoms with Crippen LogP contribution in [0.25, 0.3) is 0 Å². The molecule has 218 valence electrons. The number of nitriles is 1. The van der Waals surface area contributed by atoms with Crippen LogP contribution in [0.5, 0.6) is 0 Å². The molecule has 3 N–H and O–H groups in total. The van der Waals surface area contributed by atoms with Gasteiger partial charge in [0.05, 0.1) is 36.5 Å². The maximum absolute atomic E-state index is 13.6. The lowest BCUT2D eigenvalue weighted by Gasteiger charge is -2.50. The number of nitrogens with zero attached hydrogens (tertiary/aromatic N) is 4. The van der Waals surface area contributed by atoms with E-state index in [1.807, 2.05) is 0 Å². The molecular weight excluding hydrogens is 541 g/mol. The monoisotopic (exact) mass is 578 g/mol. The summed E-state index contributed by atoms with van der Waals surface area (Å²) in [5, 5.41) is 17.8. The van der Waals surface area contributed by atoms with Crippen molar-refractivity contribution in [2.75, 3.05) is 31.6 Å². The normalized spacial score (nSPS) is 22.4. The lowest BCUT2D eigenvalue weighted by molar-refractivity contribution is -0.120. The molecule has 1 aliphatic carbocycles. The number of aromatic nitrogens is 2. The highest BCUT2D eigenvalue weighted by Gasteiger charge is 2.47. The summed E-state index contributed by atoms with van der Waals surface area (Å²) in [5.74, 6) is -3.72. The second-order valence-corrected chi connectivity index (χ2v) is 12.6. The molecule has 10 nitrogen and oxygen atoms in total. The fraction of sp³-hybridized carbons (Fsp3) is 0.593. The third-order valence-corrected chi connectivity index (χ3v) is 10.1. The number of halogens is 2. The Labute approximate surface area is 233 Å². The molecular formula is C27H37F2N6O4P. The van der Waals surface area contributed by atoms with Gasteiger partial charge in [-0.1, -0.05) is 0 Å². The number of amides is 1. The van der Waals surface area contributed by atoms with E-state index in [9.17, 15) is 23.4 Å². The molecule has 0 unspecified atom stereocenters. The van der Waals surface area contributed by atoms with E-state index in [2.05, 4.69) is 21.4 Å². The van der Waals surface area contributed by atoms with Crippen molar-refractivity contribution in [1.82, 2.24) is 14.7 Å². The van der Waals surface area contributed by atoms with Crippen molar-refractivity contribution in [1.29, 1.82) is 5.26 Å². The zero-order valence-electron chi connectivity index (χ0n) is 23.1. The van der Waals surface area contributed by atoms with Crippen molar-refractivity contribution in [2.45, 2.75) is 70.4 Å². The van der Waals surface area contributed by atoms with Crippen LogP contribution >= 0.6 is 7.60 Å². The number of alkyl halides is 2. The van der Waals surface area contributed by atoms with Gasteiger partial charge in [0.1, 0.15) is 5.56 Å². The molecule has 1 amide bonds. The van der Waals surface area contributed by atoms with Gasteiger partial charge in [-0.15, -0.1) is 0 Å². The van der Waals surface area contributed by atoms with E-state index in [1.165, 1.54) is 0 Å². The molecule has 1 aliphatic heterocycles. The quantitative estimate of drug-likeness (QED) is 0.345. The van der Waals surface area contributed by atoms with Crippen LogP contribution in [0.1, 0.15) is 63.2 Å². The van der Waals surface area contributed by atoms with Gasteiger partial charge in [0.2, 0.25) is 0 Å². The number of hydrogen-bond acceptors (Lipinski definition) is 8. The maximum atomic E-state index is 13.6. The third kappa shape index (κ3) is 6.23. The first-order valence-corrected chi connectivity index (χ1v) is 15.1. The fourth-order valence-electron chi connectivity index (χ4n) is 5.55. The van der Waals surface area contributed by atoms with Crippen LogP contribution in [0.2, 0.25) is 0 Å². The number of carbonyl (C=O) groups is 1. The molecule has 0 bridgehead atoms. The Morgan fingerprint density at radius 2 is 1.82 bits per heavy atom. The van der Waals surface area contributed by atoms with Gasteiger partial charge in [0, 0.05) is 36.9 Å². The van der Waals surface area contributed by atoms with Gasteiger partial charge in [0.25, 0.3) is 11.8 Å². The van der Waals surface area contributed by atoms with Crippen molar-refractivity contribution >= 4 is 30.3 Å². The SMILES string of the molecule is CCOP(=O)(OCC)c1ccc(Nc2nn(C3(CC#N)CCC(N4CC(C(C)(F)F)C4)CC3)cc2C(N)=O)cc1. The Balaban J connectivity index is 1.51. The predicted octanol–water partition coefficient (Wildman–Crippen LogP) is 4.76. The van der Waals surface area contributed by atoms with Crippen LogP contribution in [-0.4, -0.2) is 58.9 Å². The average Bonchev–Trinajstić information content (AvgIpc) is 3.29. The molecule has 2 heterocycles. The second kappa shape index (κ2) is 12.0. The summed E-state index contributed by atoms with van der Waals surface area (Å²) in [7, 11) is -3.45. The van der Waals surface area contributed by atoms with E-state index >= 15 is 0 Å². The summed E-state index contributed by atoms with van der Waals surface area (Å²) in [4.78, 5) is 14.4. The first-order valence-electron chi connectivity index (χ1n) is 13.6. The summed E-state index contributed by atoms with van der Waals surface area (Å²) >= 11 is 0. The topological polar surface area (TPSA) is 135 Å². The molecule has 2 aromatic rings. The van der Waals surface area contributed by atoms with Gasteiger partial charge in [0.15, 0.2) is 5.82 Å². The van der Waals surface area contributed by atoms with Crippen molar-refractivity contribution in [2.24, 2.45) is 11.7 Å². The molecule has 40 heavy (non-hydrogen) atoms. The number of nitrogens with two attached hydrogens (primary N) is 1. The van der Waals surface area contributed by atoms with Crippen LogP contribution < -0.4 is 16.4 Å². The van der Waals surface area contributed by atoms with E-state index in [-0.39, 0.29) is 37.1 Å². The first kappa shape index (κ1) is 30.1. The number of anilines is 2. The van der Waals surface area contributed by atoms with E-state index < -0.39 is 30.9 Å². The van der Waals surface area contributed by atoms with E-state index in [0.29, 0.717) is 36.9 Å². The zero-order chi connectivity index (χ0) is 29.1. The lowest BCUT2D eigenvalue weighted by Crippen LogP contribution is -2.58. The first-order chi connectivity index (χ1) is 18.9. The zero-order valence-corrected chi connectivity index (χ0v) is 24.0. The highest BCUT2D eigenvalue weighted by molar-refractivity contribution is 7.62. The number of likely N-dealkylation sites (tertiary alicyclic amines) is 1. The molecule has 1 saturated heterocycles. The molecule has 2 fully saturated rings. The molecule has 13 heteroatoms. The van der Waals surface area contributed by atoms with Crippen molar-refractivity contribution in [3.63, 3.8) is 0 Å². The summed E-state index contributed by atoms with van der Waals surface area (Å²) in [6, 6.07) is 9.06. The van der Waals surface area contributed by atoms with E-state index in [1.54, 1.807) is 49.0 Å². The Bertz CT molecular complexity index is 1270. The highest BCUT2D eigenvalue weighted by Crippen LogP contribution is 2.47. The molecule has 0 spiro atoms. The third-order valence-electron chi connectivity index (χ3n) is 7.95. The number of benzene rings is 1. The molecule has 1 saturated carbocycles. The standard InChI is InChI=1S/C27H37F2N6O4P/c1-4-38-40(37,39-5-2)22-8-6-20(7-9-22)32-25-23(24(31)36)18-35(33-25)27(14-15-30)12-10-21(11-13-27)34-16-19(17-34)26(3,28)29/h6-9,18-19,21H,4-5,10-14,16-17H2,1-3H3,(H2,31,36)(H,32,33). The molecule has 0 atom stereocenters. The van der Waals surface area contributed by atoms with Gasteiger partial charge in [-0.3, -0.25) is 18.9 Å². The van der Waals surface area contributed by atoms with Crippen LogP contribution in [0.4, 0.5) is 20.3 Å². The summed E-state index contributed by atoms with van der Waals surface area (Å²) in [5.41, 5.74) is 5.79. The van der Waals surface area contributed by atoms with Crippen LogP contribution in [-0.2, 0) is 19.2 Å². The Morgan fingerprint density at radius 3 is 2.33 bits per heavy atom. The smallest absolute Gasteiger partial charge is 0.361 e. The number of hydrogen-bond donors (Lipinski definition) is 2. The largest absolute Gasteiger partial charge is 0.365 e. The molecule has 1 aromatic heterocycles. The van der Waals surface area contributed by atoms with Gasteiger partial charge >= 0.3 is 7.60 Å². The van der Waals surface area contributed by atoms with Crippen molar-refractivity contribution in [3.05, 3.63) is 36.0 Å². The van der Waals surface area contributed by atoms with Gasteiger partial charge in [-0.2, -0.15) is 10.4 Å². The number of rotatable bonds is 12. The molecule has 2 aliphatic rings. The fourth-order valence-corrected chi connectivity index (χ4v) is 7.12. The van der Waals surface area contributed by atoms with Gasteiger partial charge < -0.3 is 20.1 Å². The van der Waals surface area contributed by atoms with Crippen molar-refractivity contribution < 1.29 is 27.2 Å². The van der Waals surface area contributed by atoms with E-state index in [0.717, 1.165) is 19.8 Å². The second-order valence-electron chi connectivity index (χ2n) is 10.6. The minimum Gasteiger partial charge on any atom is -0.365 e.